The van der Waals surface area contributed by atoms with Gasteiger partial charge in [0.1, 0.15) is 5.54 Å². The molecular weight excluding hydrogens is 276 g/mol. The molecule has 0 radical (unpaired) electrons. The molecule has 0 saturated heterocycles. The number of nitrogens with one attached hydrogen (secondary N) is 2. The van der Waals surface area contributed by atoms with Crippen LogP contribution in [0.5, 0.6) is 0 Å². The Morgan fingerprint density at radius 3 is 2.43 bits per heavy atom. The Labute approximate surface area is 135 Å². The highest BCUT2D eigenvalue weighted by molar-refractivity contribution is 7.80. The van der Waals surface area contributed by atoms with Gasteiger partial charge in [-0.15, -0.1) is 6.42 Å². The smallest absolute Gasteiger partial charge is 0.167 e. The van der Waals surface area contributed by atoms with Gasteiger partial charge in [-0.2, -0.15) is 0 Å². The van der Waals surface area contributed by atoms with E-state index in [9.17, 15) is 0 Å². The van der Waals surface area contributed by atoms with Crippen molar-refractivity contribution in [3.63, 3.8) is 0 Å². The summed E-state index contributed by atoms with van der Waals surface area (Å²) in [6.07, 6.45) is 15.2. The molecule has 2 N–H and O–H groups in total. The number of hydrogen-bond donors (Lipinski definition) is 2. The zero-order chi connectivity index (χ0) is 15.5. The van der Waals surface area contributed by atoms with Gasteiger partial charge in [0.15, 0.2) is 5.11 Å². The summed E-state index contributed by atoms with van der Waals surface area (Å²) in [6.45, 7) is 7.06. The van der Waals surface area contributed by atoms with Gasteiger partial charge < -0.3 is 10.6 Å². The second-order valence-corrected chi connectivity index (χ2v) is 8.40. The Kier molecular flexibility index (Phi) is 5.20. The van der Waals surface area contributed by atoms with Crippen LogP contribution in [0.1, 0.15) is 72.1 Å². The molecule has 2 aliphatic carbocycles. The lowest BCUT2D eigenvalue weighted by Crippen LogP contribution is -2.55. The average molecular weight is 307 g/mol. The van der Waals surface area contributed by atoms with Crippen LogP contribution in [0.15, 0.2) is 0 Å². The zero-order valence-electron chi connectivity index (χ0n) is 13.8. The van der Waals surface area contributed by atoms with Gasteiger partial charge in [-0.3, -0.25) is 0 Å². The first-order chi connectivity index (χ1) is 9.84. The van der Waals surface area contributed by atoms with Gasteiger partial charge in [-0.05, 0) is 55.7 Å². The summed E-state index contributed by atoms with van der Waals surface area (Å²) in [6, 6.07) is 0.474. The van der Waals surface area contributed by atoms with Crippen LogP contribution in [0.2, 0.25) is 0 Å². The van der Waals surface area contributed by atoms with Gasteiger partial charge in [-0.25, -0.2) is 0 Å². The van der Waals surface area contributed by atoms with Gasteiger partial charge in [0.2, 0.25) is 0 Å². The van der Waals surface area contributed by atoms with E-state index in [1.807, 2.05) is 0 Å². The van der Waals surface area contributed by atoms with Crippen LogP contribution in [0, 0.1) is 23.7 Å². The number of hydrogen-bond acceptors (Lipinski definition) is 1. The van der Waals surface area contributed by atoms with E-state index in [0.717, 1.165) is 23.9 Å². The fourth-order valence-corrected chi connectivity index (χ4v) is 4.72. The number of thiocarbonyl (C=S) groups is 1. The summed E-state index contributed by atoms with van der Waals surface area (Å²) in [4.78, 5) is 0. The molecule has 2 nitrogen and oxygen atoms in total. The molecule has 0 aromatic heterocycles. The van der Waals surface area contributed by atoms with Crippen LogP contribution >= 0.6 is 12.2 Å². The van der Waals surface area contributed by atoms with Crippen molar-refractivity contribution in [3.8, 4) is 12.3 Å². The lowest BCUT2D eigenvalue weighted by Gasteiger charge is -2.41. The summed E-state index contributed by atoms with van der Waals surface area (Å²) < 4.78 is 0. The predicted octanol–water partition coefficient (Wildman–Crippen LogP) is 4.00. The van der Waals surface area contributed by atoms with E-state index in [0.29, 0.717) is 11.5 Å². The van der Waals surface area contributed by atoms with Crippen molar-refractivity contribution < 1.29 is 0 Å². The molecule has 2 atom stereocenters. The van der Waals surface area contributed by atoms with Gasteiger partial charge in [0.25, 0.3) is 0 Å². The standard InChI is InChI=1S/C18H30N2S/c1-5-18(9-7-6-8-10-18)20-16(21)19-15-11-14(2)12-17(3,4)13-15/h1,14-15H,6-13H2,2-4H3,(H2,19,20,21)/t14-,15-/m0/s1. The monoisotopic (exact) mass is 306 g/mol. The van der Waals surface area contributed by atoms with Crippen LogP contribution in [0.4, 0.5) is 0 Å². The molecule has 0 heterocycles. The molecule has 2 rings (SSSR count). The molecule has 21 heavy (non-hydrogen) atoms. The maximum absolute atomic E-state index is 5.78. The molecule has 2 aliphatic rings. The minimum absolute atomic E-state index is 0.210. The van der Waals surface area contributed by atoms with Crippen molar-refractivity contribution in [1.29, 1.82) is 0 Å². The summed E-state index contributed by atoms with van der Waals surface area (Å²) in [5, 5.41) is 7.75. The fraction of sp³-hybridized carbons (Fsp3) is 0.833. The molecule has 0 aromatic rings. The summed E-state index contributed by atoms with van der Waals surface area (Å²) in [7, 11) is 0. The number of rotatable bonds is 2. The SMILES string of the molecule is C#CC1(NC(=S)N[C@H]2C[C@H](C)CC(C)(C)C2)CCCCC1. The maximum Gasteiger partial charge on any atom is 0.167 e. The molecule has 0 spiro atoms. The van der Waals surface area contributed by atoms with E-state index < -0.39 is 0 Å². The van der Waals surface area contributed by atoms with Crippen molar-refractivity contribution in [3.05, 3.63) is 0 Å². The average Bonchev–Trinajstić information content (AvgIpc) is 2.37. The van der Waals surface area contributed by atoms with Crippen molar-refractivity contribution >= 4 is 17.3 Å². The Bertz CT molecular complexity index is 415. The third-order valence-electron chi connectivity index (χ3n) is 5.06. The van der Waals surface area contributed by atoms with E-state index >= 15 is 0 Å². The van der Waals surface area contributed by atoms with Gasteiger partial charge in [0, 0.05) is 6.04 Å². The van der Waals surface area contributed by atoms with E-state index in [-0.39, 0.29) is 5.54 Å². The van der Waals surface area contributed by atoms with E-state index in [4.69, 9.17) is 18.6 Å². The quantitative estimate of drug-likeness (QED) is 0.595. The molecule has 2 fully saturated rings. The molecule has 3 heteroatoms. The van der Waals surface area contributed by atoms with Crippen LogP contribution < -0.4 is 10.6 Å². The highest BCUT2D eigenvalue weighted by atomic mass is 32.1. The summed E-state index contributed by atoms with van der Waals surface area (Å²) in [5.74, 6) is 3.73. The number of terminal acetylenes is 1. The molecule has 0 bridgehead atoms. The van der Waals surface area contributed by atoms with E-state index in [1.54, 1.807) is 0 Å². The fourth-order valence-electron chi connectivity index (χ4n) is 4.36. The van der Waals surface area contributed by atoms with Crippen molar-refractivity contribution in [1.82, 2.24) is 10.6 Å². The summed E-state index contributed by atoms with van der Waals surface area (Å²) >= 11 is 5.55. The van der Waals surface area contributed by atoms with Gasteiger partial charge >= 0.3 is 0 Å². The first kappa shape index (κ1) is 16.6. The van der Waals surface area contributed by atoms with Gasteiger partial charge in [0.05, 0.1) is 0 Å². The minimum Gasteiger partial charge on any atom is -0.360 e. The summed E-state index contributed by atoms with van der Waals surface area (Å²) in [5.41, 5.74) is 0.192. The first-order valence-electron chi connectivity index (χ1n) is 8.41. The topological polar surface area (TPSA) is 24.1 Å². The highest BCUT2D eigenvalue weighted by Gasteiger charge is 2.34. The third-order valence-corrected chi connectivity index (χ3v) is 5.28. The molecule has 0 aromatic carbocycles. The zero-order valence-corrected chi connectivity index (χ0v) is 14.6. The van der Waals surface area contributed by atoms with Crippen LogP contribution in [0.3, 0.4) is 0 Å². The van der Waals surface area contributed by atoms with Crippen LogP contribution in [0.25, 0.3) is 0 Å². The van der Waals surface area contributed by atoms with E-state index in [1.165, 1.54) is 38.5 Å². The largest absolute Gasteiger partial charge is 0.360 e. The molecule has 2 saturated carbocycles. The normalized spacial score (nSPS) is 31.0. The van der Waals surface area contributed by atoms with Gasteiger partial charge in [-0.1, -0.05) is 46.0 Å². The molecule has 0 amide bonds. The van der Waals surface area contributed by atoms with Crippen molar-refractivity contribution in [2.45, 2.75) is 83.7 Å². The van der Waals surface area contributed by atoms with Crippen LogP contribution in [-0.2, 0) is 0 Å². The maximum atomic E-state index is 5.78. The lowest BCUT2D eigenvalue weighted by molar-refractivity contribution is 0.161. The second-order valence-electron chi connectivity index (χ2n) is 8.00. The molecule has 0 aliphatic heterocycles. The Morgan fingerprint density at radius 2 is 1.86 bits per heavy atom. The lowest BCUT2D eigenvalue weighted by atomic mass is 9.70. The Hall–Kier alpha value is -0.750. The highest BCUT2D eigenvalue weighted by Crippen LogP contribution is 2.38. The van der Waals surface area contributed by atoms with Crippen molar-refractivity contribution in [2.24, 2.45) is 11.3 Å². The Balaban J connectivity index is 1.90. The Morgan fingerprint density at radius 1 is 1.19 bits per heavy atom. The molecule has 118 valence electrons. The first-order valence-corrected chi connectivity index (χ1v) is 8.81. The molecular formula is C18H30N2S. The predicted molar refractivity (Wildman–Crippen MR) is 94.1 cm³/mol. The second kappa shape index (κ2) is 6.57. The van der Waals surface area contributed by atoms with E-state index in [2.05, 4.69) is 37.3 Å². The van der Waals surface area contributed by atoms with Crippen molar-refractivity contribution in [2.75, 3.05) is 0 Å². The van der Waals surface area contributed by atoms with Crippen LogP contribution in [-0.4, -0.2) is 16.7 Å². The third kappa shape index (κ3) is 4.61. The minimum atomic E-state index is -0.210. The molecule has 0 unspecified atom stereocenters.